The van der Waals surface area contributed by atoms with Crippen molar-refractivity contribution in [1.29, 1.82) is 0 Å². The molecular formula is C14H7F19O2. The van der Waals surface area contributed by atoms with Crippen LogP contribution >= 0.6 is 0 Å². The van der Waals surface area contributed by atoms with E-state index in [0.717, 1.165) is 0 Å². The summed E-state index contributed by atoms with van der Waals surface area (Å²) in [6.45, 7) is -1.28. The van der Waals surface area contributed by atoms with Gasteiger partial charge in [0, 0.05) is 5.57 Å². The summed E-state index contributed by atoms with van der Waals surface area (Å²) in [6.07, 6.45) is -7.32. The number of carbonyl (C=O) groups is 1. The summed E-state index contributed by atoms with van der Waals surface area (Å²) in [5, 5.41) is 0. The van der Waals surface area contributed by atoms with Crippen molar-refractivity contribution in [1.82, 2.24) is 0 Å². The van der Waals surface area contributed by atoms with E-state index in [2.05, 4.69) is 11.3 Å². The lowest BCUT2D eigenvalue weighted by Crippen LogP contribution is -2.76. The molecule has 35 heavy (non-hydrogen) atoms. The van der Waals surface area contributed by atoms with Gasteiger partial charge in [-0.05, 0) is 6.92 Å². The number of hydrogen-bond donors (Lipinski definition) is 0. The van der Waals surface area contributed by atoms with Crippen molar-refractivity contribution < 1.29 is 92.9 Å². The molecule has 0 amide bonds. The Morgan fingerprint density at radius 3 is 1.09 bits per heavy atom. The van der Waals surface area contributed by atoms with Gasteiger partial charge in [0.2, 0.25) is 0 Å². The Balaban J connectivity index is 6.92. The largest absolute Gasteiger partial charge is 0.473 e. The quantitative estimate of drug-likeness (QED) is 0.157. The standard InChI is InChI=1S/C14H7F19O2/c1-4(2)5(34)35-14(32,33)13(30,31)12(28,29)11(26,27)10(24,25)9(22,23)8(20,21)7(18,19)6(16,17)3-15/h1,3H2,2H3. The van der Waals surface area contributed by atoms with Crippen molar-refractivity contribution in [3.63, 3.8) is 0 Å². The molecule has 0 unspecified atom stereocenters. The minimum Gasteiger partial charge on any atom is -0.393 e. The molecule has 0 saturated heterocycles. The summed E-state index contributed by atoms with van der Waals surface area (Å²) in [6, 6.07) is 0. The lowest BCUT2D eigenvalue weighted by molar-refractivity contribution is -0.474. The Bertz CT molecular complexity index is 827. The summed E-state index contributed by atoms with van der Waals surface area (Å²) in [7, 11) is 0. The van der Waals surface area contributed by atoms with E-state index in [4.69, 9.17) is 0 Å². The number of rotatable bonds is 11. The van der Waals surface area contributed by atoms with Gasteiger partial charge in [-0.15, -0.1) is 0 Å². The molecule has 21 heteroatoms. The predicted octanol–water partition coefficient (Wildman–Crippen LogP) is 6.75. The fraction of sp³-hybridized carbons (Fsp3) is 0.786. The Morgan fingerprint density at radius 1 is 0.571 bits per heavy atom. The highest BCUT2D eigenvalue weighted by Gasteiger charge is 2.96. The molecule has 0 aliphatic rings. The minimum atomic E-state index is -8.99. The normalized spacial score (nSPS) is 15.8. The van der Waals surface area contributed by atoms with Crippen LogP contribution in [0.2, 0.25) is 0 Å². The number of halogens is 19. The third kappa shape index (κ3) is 4.25. The molecule has 0 bridgehead atoms. The van der Waals surface area contributed by atoms with E-state index >= 15 is 0 Å². The van der Waals surface area contributed by atoms with Crippen molar-refractivity contribution in [3.8, 4) is 0 Å². The van der Waals surface area contributed by atoms with E-state index in [1.54, 1.807) is 0 Å². The van der Waals surface area contributed by atoms with Gasteiger partial charge in [-0.25, -0.2) is 9.18 Å². The van der Waals surface area contributed by atoms with E-state index in [9.17, 15) is 88.2 Å². The SMILES string of the molecule is C=C(C)C(=O)OC(F)(F)C(F)(F)C(F)(F)C(F)(F)C(F)(F)C(F)(F)C(F)(F)C(F)(F)C(F)(F)CF. The first kappa shape index (κ1) is 32.9. The molecular weight excluding hydrogens is 561 g/mol. The first-order valence-electron chi connectivity index (χ1n) is 7.74. The van der Waals surface area contributed by atoms with Gasteiger partial charge in [0.1, 0.15) is 0 Å². The highest BCUT2D eigenvalue weighted by molar-refractivity contribution is 5.87. The van der Waals surface area contributed by atoms with Crippen LogP contribution in [0.4, 0.5) is 83.4 Å². The van der Waals surface area contributed by atoms with Crippen LogP contribution in [0.5, 0.6) is 0 Å². The lowest BCUT2D eigenvalue weighted by atomic mass is 9.87. The molecule has 0 aliphatic carbocycles. The zero-order valence-electron chi connectivity index (χ0n) is 15.9. The Kier molecular flexibility index (Phi) is 7.96. The second kappa shape index (κ2) is 8.48. The highest BCUT2D eigenvalue weighted by atomic mass is 19.4. The van der Waals surface area contributed by atoms with Crippen molar-refractivity contribution in [2.75, 3.05) is 6.67 Å². The third-order valence-electron chi connectivity index (χ3n) is 3.93. The van der Waals surface area contributed by atoms with Gasteiger partial charge in [0.05, 0.1) is 0 Å². The van der Waals surface area contributed by atoms with Crippen LogP contribution in [0.1, 0.15) is 6.92 Å². The number of hydrogen-bond acceptors (Lipinski definition) is 2. The second-order valence-corrected chi connectivity index (χ2v) is 6.55. The van der Waals surface area contributed by atoms with Gasteiger partial charge < -0.3 is 4.74 Å². The van der Waals surface area contributed by atoms with Gasteiger partial charge >= 0.3 is 59.5 Å². The molecule has 0 saturated carbocycles. The zero-order valence-corrected chi connectivity index (χ0v) is 15.9. The number of alkyl halides is 19. The summed E-state index contributed by atoms with van der Waals surface area (Å²) in [4.78, 5) is 10.8. The molecule has 0 atom stereocenters. The van der Waals surface area contributed by atoms with Crippen LogP contribution < -0.4 is 0 Å². The van der Waals surface area contributed by atoms with Crippen molar-refractivity contribution in [2.45, 2.75) is 60.4 Å². The van der Waals surface area contributed by atoms with Crippen LogP contribution in [0.3, 0.4) is 0 Å². The number of carbonyl (C=O) groups excluding carboxylic acids is 1. The lowest BCUT2D eigenvalue weighted by Gasteiger charge is -2.43. The van der Waals surface area contributed by atoms with E-state index in [1.165, 1.54) is 0 Å². The molecule has 0 N–H and O–H groups in total. The summed E-state index contributed by atoms with van der Waals surface area (Å²) >= 11 is 0. The van der Waals surface area contributed by atoms with Crippen LogP contribution in [0.15, 0.2) is 12.2 Å². The Morgan fingerprint density at radius 2 is 0.829 bits per heavy atom. The maximum atomic E-state index is 13.5. The molecule has 0 rings (SSSR count). The average Bonchev–Trinajstić information content (AvgIpc) is 2.65. The van der Waals surface area contributed by atoms with E-state index in [0.29, 0.717) is 6.92 Å². The van der Waals surface area contributed by atoms with Crippen molar-refractivity contribution in [3.05, 3.63) is 12.2 Å². The Hall–Kier alpha value is -2.12. The molecule has 0 radical (unpaired) electrons. The molecule has 0 aromatic carbocycles. The smallest absolute Gasteiger partial charge is 0.393 e. The summed E-state index contributed by atoms with van der Waals surface area (Å²) < 4.78 is 253. The molecule has 0 spiro atoms. The first-order chi connectivity index (χ1) is 14.9. The van der Waals surface area contributed by atoms with Gasteiger partial charge in [0.15, 0.2) is 6.67 Å². The number of esters is 1. The number of ether oxygens (including phenoxy) is 1. The van der Waals surface area contributed by atoms with Crippen LogP contribution in [0, 0.1) is 0 Å². The second-order valence-electron chi connectivity index (χ2n) is 6.55. The molecule has 208 valence electrons. The van der Waals surface area contributed by atoms with Crippen molar-refractivity contribution in [2.24, 2.45) is 0 Å². The third-order valence-corrected chi connectivity index (χ3v) is 3.93. The van der Waals surface area contributed by atoms with Crippen LogP contribution in [-0.4, -0.2) is 66.1 Å². The van der Waals surface area contributed by atoms with Gasteiger partial charge in [-0.1, -0.05) is 6.58 Å². The molecule has 2 nitrogen and oxygen atoms in total. The maximum Gasteiger partial charge on any atom is 0.473 e. The summed E-state index contributed by atoms with van der Waals surface area (Å²) in [5.74, 6) is -70.3. The minimum absolute atomic E-state index is 0.341. The van der Waals surface area contributed by atoms with E-state index < -0.39 is 71.7 Å². The van der Waals surface area contributed by atoms with Crippen LogP contribution in [-0.2, 0) is 9.53 Å². The fourth-order valence-electron chi connectivity index (χ4n) is 1.75. The van der Waals surface area contributed by atoms with Crippen LogP contribution in [0.25, 0.3) is 0 Å². The highest BCUT2D eigenvalue weighted by Crippen LogP contribution is 2.65. The average molecular weight is 568 g/mol. The fourth-order valence-corrected chi connectivity index (χ4v) is 1.75. The monoisotopic (exact) mass is 568 g/mol. The topological polar surface area (TPSA) is 26.3 Å². The van der Waals surface area contributed by atoms with Gasteiger partial charge in [-0.3, -0.25) is 0 Å². The van der Waals surface area contributed by atoms with Crippen molar-refractivity contribution >= 4 is 5.97 Å². The Labute approximate surface area is 179 Å². The van der Waals surface area contributed by atoms with E-state index in [1.807, 2.05) is 0 Å². The molecule has 0 aromatic heterocycles. The van der Waals surface area contributed by atoms with E-state index in [-0.39, 0.29) is 0 Å². The summed E-state index contributed by atoms with van der Waals surface area (Å²) in [5.41, 5.74) is -1.36. The van der Waals surface area contributed by atoms with Gasteiger partial charge in [0.25, 0.3) is 0 Å². The molecule has 0 aliphatic heterocycles. The van der Waals surface area contributed by atoms with Gasteiger partial charge in [-0.2, -0.15) is 79.0 Å². The molecule has 0 aromatic rings. The maximum absolute atomic E-state index is 13.5. The molecule has 0 heterocycles. The molecule has 0 fully saturated rings. The predicted molar refractivity (Wildman–Crippen MR) is 71.4 cm³/mol. The zero-order chi connectivity index (χ0) is 29.1. The first-order valence-corrected chi connectivity index (χ1v) is 7.74.